The van der Waals surface area contributed by atoms with Crippen molar-refractivity contribution in [2.45, 2.75) is 43.8 Å². The molecule has 2 aromatic heterocycles. The third-order valence-electron chi connectivity index (χ3n) is 7.27. The van der Waals surface area contributed by atoms with E-state index in [9.17, 15) is 9.59 Å². The van der Waals surface area contributed by atoms with E-state index in [1.807, 2.05) is 24.4 Å². The van der Waals surface area contributed by atoms with Crippen molar-refractivity contribution in [3.63, 3.8) is 0 Å². The van der Waals surface area contributed by atoms with Crippen LogP contribution in [-0.2, 0) is 14.3 Å². The fraction of sp³-hybridized carbons (Fsp3) is 0.407. The number of hydrogen-bond acceptors (Lipinski definition) is 9. The summed E-state index contributed by atoms with van der Waals surface area (Å²) in [4.78, 5) is 34.3. The Kier molecular flexibility index (Phi) is 6.50. The van der Waals surface area contributed by atoms with Gasteiger partial charge in [0.05, 0.1) is 48.1 Å². The van der Waals surface area contributed by atoms with Crippen LogP contribution in [0, 0.1) is 5.92 Å². The van der Waals surface area contributed by atoms with Crippen LogP contribution in [-0.4, -0.2) is 47.9 Å². The van der Waals surface area contributed by atoms with E-state index < -0.39 is 11.7 Å². The number of ether oxygens (including phenoxy) is 3. The SMILES string of the molecule is COc1c(Nc2cc(NC(=O)C3CC3)ncc2C(N)=O)cccc1-c1cnc([C@H]2CCCC23OCCO3)s1. The molecule has 11 heteroatoms. The second-order valence-corrected chi connectivity index (χ2v) is 10.8. The lowest BCUT2D eigenvalue weighted by molar-refractivity contribution is -0.162. The van der Waals surface area contributed by atoms with E-state index in [2.05, 4.69) is 15.6 Å². The van der Waals surface area contributed by atoms with E-state index in [1.54, 1.807) is 24.5 Å². The molecule has 3 heterocycles. The summed E-state index contributed by atoms with van der Waals surface area (Å²) in [5.41, 5.74) is 7.73. The Morgan fingerprint density at radius 1 is 1.13 bits per heavy atom. The molecule has 1 atom stereocenters. The zero-order valence-electron chi connectivity index (χ0n) is 21.0. The van der Waals surface area contributed by atoms with Crippen molar-refractivity contribution in [1.29, 1.82) is 0 Å². The number of anilines is 3. The van der Waals surface area contributed by atoms with Crippen LogP contribution in [0.25, 0.3) is 10.4 Å². The molecule has 2 saturated carbocycles. The van der Waals surface area contributed by atoms with Crippen LogP contribution in [0.4, 0.5) is 17.2 Å². The summed E-state index contributed by atoms with van der Waals surface area (Å²) in [6.45, 7) is 1.23. The maximum absolute atomic E-state index is 12.2. The zero-order valence-corrected chi connectivity index (χ0v) is 21.8. The lowest BCUT2D eigenvalue weighted by Gasteiger charge is -2.27. The van der Waals surface area contributed by atoms with E-state index in [0.29, 0.717) is 36.2 Å². The van der Waals surface area contributed by atoms with Gasteiger partial charge in [0.2, 0.25) is 5.91 Å². The van der Waals surface area contributed by atoms with Crippen LogP contribution in [0.1, 0.15) is 53.4 Å². The number of carbonyl (C=O) groups is 2. The molecule has 0 radical (unpaired) electrons. The van der Waals surface area contributed by atoms with E-state index >= 15 is 0 Å². The van der Waals surface area contributed by atoms with Gasteiger partial charge >= 0.3 is 0 Å². The van der Waals surface area contributed by atoms with E-state index in [0.717, 1.165) is 47.6 Å². The smallest absolute Gasteiger partial charge is 0.252 e. The van der Waals surface area contributed by atoms with Gasteiger partial charge in [-0.2, -0.15) is 0 Å². The largest absolute Gasteiger partial charge is 0.494 e. The molecule has 0 unspecified atom stereocenters. The molecule has 2 amide bonds. The topological polar surface area (TPSA) is 138 Å². The van der Waals surface area contributed by atoms with Gasteiger partial charge in [0, 0.05) is 36.4 Å². The molecule has 1 saturated heterocycles. The maximum Gasteiger partial charge on any atom is 0.252 e. The molecule has 0 bridgehead atoms. The molecule has 1 spiro atoms. The number of rotatable bonds is 8. The fourth-order valence-corrected chi connectivity index (χ4v) is 6.39. The number of nitrogens with one attached hydrogen (secondary N) is 2. The molecule has 3 aromatic rings. The van der Waals surface area contributed by atoms with E-state index in [-0.39, 0.29) is 23.3 Å². The molecule has 198 valence electrons. The Hall–Kier alpha value is -3.54. The highest BCUT2D eigenvalue weighted by atomic mass is 32.1. The van der Waals surface area contributed by atoms with Crippen molar-refractivity contribution >= 4 is 40.3 Å². The molecule has 3 aliphatic rings. The van der Waals surface area contributed by atoms with Gasteiger partial charge in [0.25, 0.3) is 5.91 Å². The highest BCUT2D eigenvalue weighted by Crippen LogP contribution is 2.50. The van der Waals surface area contributed by atoms with Gasteiger partial charge in [-0.1, -0.05) is 6.07 Å². The summed E-state index contributed by atoms with van der Waals surface area (Å²) in [6, 6.07) is 7.33. The van der Waals surface area contributed by atoms with Gasteiger partial charge in [-0.25, -0.2) is 9.97 Å². The highest BCUT2D eigenvalue weighted by Gasteiger charge is 2.49. The fourth-order valence-electron chi connectivity index (χ4n) is 5.24. The number of aromatic nitrogens is 2. The Bertz CT molecular complexity index is 1380. The molecular formula is C27H29N5O5S. The molecule has 38 heavy (non-hydrogen) atoms. The van der Waals surface area contributed by atoms with Crippen molar-refractivity contribution in [3.8, 4) is 16.2 Å². The Balaban J connectivity index is 1.30. The molecule has 3 fully saturated rings. The number of primary amides is 1. The Morgan fingerprint density at radius 2 is 1.95 bits per heavy atom. The Labute approximate surface area is 223 Å². The molecule has 2 aliphatic carbocycles. The summed E-state index contributed by atoms with van der Waals surface area (Å²) in [6.07, 6.45) is 7.87. The van der Waals surface area contributed by atoms with Gasteiger partial charge in [-0.05, 0) is 37.8 Å². The average molecular weight is 536 g/mol. The summed E-state index contributed by atoms with van der Waals surface area (Å²) < 4.78 is 17.9. The normalized spacial score (nSPS) is 20.0. The van der Waals surface area contributed by atoms with Gasteiger partial charge in [0.15, 0.2) is 11.5 Å². The maximum atomic E-state index is 12.2. The number of carbonyl (C=O) groups excluding carboxylic acids is 2. The van der Waals surface area contributed by atoms with Crippen LogP contribution in [0.5, 0.6) is 5.75 Å². The number of amides is 2. The van der Waals surface area contributed by atoms with Crippen molar-refractivity contribution in [2.24, 2.45) is 11.7 Å². The second kappa shape index (κ2) is 9.97. The third kappa shape index (κ3) is 4.61. The predicted molar refractivity (Wildman–Crippen MR) is 143 cm³/mol. The van der Waals surface area contributed by atoms with Crippen molar-refractivity contribution in [2.75, 3.05) is 31.0 Å². The lowest BCUT2D eigenvalue weighted by atomic mass is 10.0. The molecule has 4 N–H and O–H groups in total. The number of pyridine rings is 1. The minimum absolute atomic E-state index is 0.0241. The third-order valence-corrected chi connectivity index (χ3v) is 8.41. The van der Waals surface area contributed by atoms with E-state index in [1.165, 1.54) is 6.20 Å². The molecule has 6 rings (SSSR count). The van der Waals surface area contributed by atoms with E-state index in [4.69, 9.17) is 24.9 Å². The minimum atomic E-state index is -0.635. The molecule has 1 aromatic carbocycles. The highest BCUT2D eigenvalue weighted by molar-refractivity contribution is 7.15. The molecular weight excluding hydrogens is 506 g/mol. The summed E-state index contributed by atoms with van der Waals surface area (Å²) >= 11 is 1.60. The first-order chi connectivity index (χ1) is 18.5. The van der Waals surface area contributed by atoms with Crippen molar-refractivity contribution in [1.82, 2.24) is 9.97 Å². The van der Waals surface area contributed by atoms with Gasteiger partial charge in [0.1, 0.15) is 10.8 Å². The molecule has 1 aliphatic heterocycles. The van der Waals surface area contributed by atoms with Gasteiger partial charge in [-0.15, -0.1) is 11.3 Å². The lowest BCUT2D eigenvalue weighted by Crippen LogP contribution is -2.32. The molecule has 10 nitrogen and oxygen atoms in total. The van der Waals surface area contributed by atoms with Crippen molar-refractivity contribution < 1.29 is 23.8 Å². The number of nitrogens with two attached hydrogens (primary N) is 1. The van der Waals surface area contributed by atoms with Crippen LogP contribution in [0.3, 0.4) is 0 Å². The predicted octanol–water partition coefficient (Wildman–Crippen LogP) is 4.42. The summed E-state index contributed by atoms with van der Waals surface area (Å²) in [5.74, 6) is -0.197. The van der Waals surface area contributed by atoms with Crippen LogP contribution in [0.15, 0.2) is 36.7 Å². The number of para-hydroxylation sites is 1. The summed E-state index contributed by atoms with van der Waals surface area (Å²) in [7, 11) is 1.60. The van der Waals surface area contributed by atoms with Crippen LogP contribution >= 0.6 is 11.3 Å². The Morgan fingerprint density at radius 3 is 2.68 bits per heavy atom. The van der Waals surface area contributed by atoms with Crippen LogP contribution in [0.2, 0.25) is 0 Å². The standard InChI is InChI=1S/C27H29N5O5S/c1-35-23-16(21-14-30-26(38-21)18-5-3-9-27(18)36-10-11-37-27)4-2-6-19(23)31-20-12-22(29-13-17(20)24(28)33)32-25(34)15-7-8-15/h2,4,6,12-15,18H,3,5,7-11H2,1H3,(H2,28,33)(H2,29,31,32,34)/t18-/m1/s1. The van der Waals surface area contributed by atoms with Crippen molar-refractivity contribution in [3.05, 3.63) is 47.2 Å². The minimum Gasteiger partial charge on any atom is -0.494 e. The number of benzene rings is 1. The quantitative estimate of drug-likeness (QED) is 0.386. The number of thiazole rings is 1. The number of methoxy groups -OCH3 is 1. The first kappa shape index (κ1) is 24.8. The average Bonchev–Trinajstić information content (AvgIpc) is 3.28. The second-order valence-electron chi connectivity index (χ2n) is 9.77. The monoisotopic (exact) mass is 535 g/mol. The first-order valence-corrected chi connectivity index (χ1v) is 13.6. The number of hydrogen-bond donors (Lipinski definition) is 3. The zero-order chi connectivity index (χ0) is 26.3. The van der Waals surface area contributed by atoms with Crippen LogP contribution < -0.4 is 21.1 Å². The summed E-state index contributed by atoms with van der Waals surface area (Å²) in [5, 5.41) is 7.07. The van der Waals surface area contributed by atoms with Gasteiger partial charge in [-0.3, -0.25) is 9.59 Å². The van der Waals surface area contributed by atoms with Gasteiger partial charge < -0.3 is 30.6 Å². The first-order valence-electron chi connectivity index (χ1n) is 12.8. The number of nitrogens with zero attached hydrogens (tertiary/aromatic N) is 2.